The molecule has 9 nitrogen and oxygen atoms in total. The molecule has 4 amide bonds. The van der Waals surface area contributed by atoms with Gasteiger partial charge in [0.25, 0.3) is 11.8 Å². The third-order valence-electron chi connectivity index (χ3n) is 4.92. The van der Waals surface area contributed by atoms with Gasteiger partial charge < -0.3 is 15.4 Å². The third kappa shape index (κ3) is 4.03. The van der Waals surface area contributed by atoms with Gasteiger partial charge in [0.2, 0.25) is 0 Å². The Morgan fingerprint density at radius 3 is 2.43 bits per heavy atom. The lowest BCUT2D eigenvalue weighted by Crippen LogP contribution is -2.46. The van der Waals surface area contributed by atoms with E-state index in [1.54, 1.807) is 31.2 Å². The molecule has 1 aromatic carbocycles. The predicted molar refractivity (Wildman–Crippen MR) is 97.4 cm³/mol. The minimum atomic E-state index is -0.971. The summed E-state index contributed by atoms with van der Waals surface area (Å²) in [7, 11) is 0. The van der Waals surface area contributed by atoms with Gasteiger partial charge in [-0.3, -0.25) is 24.1 Å². The Kier molecular flexibility index (Phi) is 5.17. The van der Waals surface area contributed by atoms with E-state index in [2.05, 4.69) is 10.6 Å². The Morgan fingerprint density at radius 1 is 1.21 bits per heavy atom. The molecule has 0 unspecified atom stereocenters. The summed E-state index contributed by atoms with van der Waals surface area (Å²) in [4.78, 5) is 60.3. The van der Waals surface area contributed by atoms with Crippen LogP contribution in [0.1, 0.15) is 37.0 Å². The Labute approximate surface area is 161 Å². The second kappa shape index (κ2) is 7.41. The first kappa shape index (κ1) is 19.5. The van der Waals surface area contributed by atoms with E-state index in [9.17, 15) is 24.0 Å². The zero-order valence-electron chi connectivity index (χ0n) is 15.6. The number of carbonyl (C=O) groups excluding carboxylic acids is 5. The first-order chi connectivity index (χ1) is 13.2. The number of urea groups is 1. The molecule has 28 heavy (non-hydrogen) atoms. The predicted octanol–water partition coefficient (Wildman–Crippen LogP) is 1.09. The number of ether oxygens (including phenoxy) is 1. The molecule has 1 heterocycles. The van der Waals surface area contributed by atoms with Gasteiger partial charge in [-0.2, -0.15) is 0 Å². The topological polar surface area (TPSA) is 122 Å². The second-order valence-corrected chi connectivity index (χ2v) is 7.14. The van der Waals surface area contributed by atoms with Gasteiger partial charge in [0.15, 0.2) is 12.4 Å². The van der Waals surface area contributed by atoms with Crippen molar-refractivity contribution in [1.29, 1.82) is 0 Å². The molecular weight excluding hydrogens is 366 g/mol. The largest absolute Gasteiger partial charge is 0.454 e. The molecular formula is C19H21N3O6. The van der Waals surface area contributed by atoms with E-state index in [-0.39, 0.29) is 11.7 Å². The van der Waals surface area contributed by atoms with Crippen LogP contribution in [0.15, 0.2) is 24.3 Å². The number of anilines is 1. The molecule has 1 aliphatic heterocycles. The van der Waals surface area contributed by atoms with Gasteiger partial charge in [0, 0.05) is 11.3 Å². The fourth-order valence-corrected chi connectivity index (χ4v) is 3.10. The SMILES string of the molecule is CC(=O)c1ccc(NC(=O)COC(=O)CN2C(=O)N[C@](C)(C3CC3)C2=O)cc1. The molecule has 1 aromatic rings. The number of amides is 4. The third-order valence-corrected chi connectivity index (χ3v) is 4.92. The van der Waals surface area contributed by atoms with Crippen LogP contribution in [0.4, 0.5) is 10.5 Å². The van der Waals surface area contributed by atoms with Gasteiger partial charge in [-0.25, -0.2) is 4.79 Å². The molecule has 2 aliphatic rings. The normalized spacial score (nSPS) is 21.3. The van der Waals surface area contributed by atoms with Crippen molar-refractivity contribution in [3.63, 3.8) is 0 Å². The number of hydrogen-bond acceptors (Lipinski definition) is 6. The number of esters is 1. The number of hydrogen-bond donors (Lipinski definition) is 2. The minimum absolute atomic E-state index is 0.0881. The van der Waals surface area contributed by atoms with Crippen LogP contribution in [0.5, 0.6) is 0 Å². The number of nitrogens with zero attached hydrogens (tertiary/aromatic N) is 1. The van der Waals surface area contributed by atoms with E-state index in [1.807, 2.05) is 0 Å². The molecule has 0 aromatic heterocycles. The van der Waals surface area contributed by atoms with Gasteiger partial charge in [-0.05, 0) is 56.9 Å². The highest BCUT2D eigenvalue weighted by Gasteiger charge is 2.56. The van der Waals surface area contributed by atoms with Crippen LogP contribution in [-0.4, -0.2) is 53.2 Å². The fourth-order valence-electron chi connectivity index (χ4n) is 3.10. The molecule has 2 N–H and O–H groups in total. The quantitative estimate of drug-likeness (QED) is 0.410. The van der Waals surface area contributed by atoms with E-state index in [0.29, 0.717) is 11.3 Å². The van der Waals surface area contributed by atoms with E-state index in [4.69, 9.17) is 4.74 Å². The van der Waals surface area contributed by atoms with Crippen LogP contribution in [0, 0.1) is 5.92 Å². The minimum Gasteiger partial charge on any atom is -0.454 e. The Hall–Kier alpha value is -3.23. The summed E-state index contributed by atoms with van der Waals surface area (Å²) in [6.07, 6.45) is 1.71. The van der Waals surface area contributed by atoms with E-state index < -0.39 is 42.5 Å². The monoisotopic (exact) mass is 387 g/mol. The Bertz CT molecular complexity index is 846. The number of carbonyl (C=O) groups is 5. The summed E-state index contributed by atoms with van der Waals surface area (Å²) < 4.78 is 4.86. The second-order valence-electron chi connectivity index (χ2n) is 7.14. The van der Waals surface area contributed by atoms with Crippen molar-refractivity contribution < 1.29 is 28.7 Å². The average Bonchev–Trinajstić information content (AvgIpc) is 3.47. The molecule has 1 saturated carbocycles. The van der Waals surface area contributed by atoms with Crippen LogP contribution in [0.25, 0.3) is 0 Å². The van der Waals surface area contributed by atoms with Crippen molar-refractivity contribution in [3.05, 3.63) is 29.8 Å². The number of benzene rings is 1. The van der Waals surface area contributed by atoms with Crippen molar-refractivity contribution >= 4 is 35.3 Å². The highest BCUT2D eigenvalue weighted by molar-refractivity contribution is 6.09. The van der Waals surface area contributed by atoms with Gasteiger partial charge >= 0.3 is 12.0 Å². The fraction of sp³-hybridized carbons (Fsp3) is 0.421. The lowest BCUT2D eigenvalue weighted by Gasteiger charge is -2.20. The van der Waals surface area contributed by atoms with Crippen molar-refractivity contribution in [3.8, 4) is 0 Å². The number of ketones is 1. The average molecular weight is 387 g/mol. The summed E-state index contributed by atoms with van der Waals surface area (Å²) in [5.41, 5.74) is -0.0163. The van der Waals surface area contributed by atoms with Gasteiger partial charge in [0.1, 0.15) is 12.1 Å². The smallest absolute Gasteiger partial charge is 0.326 e. The molecule has 0 radical (unpaired) electrons. The molecule has 2 fully saturated rings. The first-order valence-electron chi connectivity index (χ1n) is 8.91. The van der Waals surface area contributed by atoms with E-state index in [0.717, 1.165) is 17.7 Å². The van der Waals surface area contributed by atoms with Crippen LogP contribution in [0.2, 0.25) is 0 Å². The maximum absolute atomic E-state index is 12.4. The lowest BCUT2D eigenvalue weighted by atomic mass is 9.96. The summed E-state index contributed by atoms with van der Waals surface area (Å²) >= 11 is 0. The summed E-state index contributed by atoms with van der Waals surface area (Å²) in [5.74, 6) is -1.89. The van der Waals surface area contributed by atoms with Crippen LogP contribution in [-0.2, 0) is 19.1 Å². The first-order valence-corrected chi connectivity index (χ1v) is 8.91. The van der Waals surface area contributed by atoms with Crippen LogP contribution in [0.3, 0.4) is 0 Å². The van der Waals surface area contributed by atoms with Gasteiger partial charge in [0.05, 0.1) is 0 Å². The van der Waals surface area contributed by atoms with Gasteiger partial charge in [-0.15, -0.1) is 0 Å². The van der Waals surface area contributed by atoms with E-state index >= 15 is 0 Å². The summed E-state index contributed by atoms with van der Waals surface area (Å²) in [6, 6.07) is 5.62. The number of imide groups is 1. The highest BCUT2D eigenvalue weighted by atomic mass is 16.5. The Morgan fingerprint density at radius 2 is 1.86 bits per heavy atom. The molecule has 0 spiro atoms. The lowest BCUT2D eigenvalue weighted by molar-refractivity contribution is -0.150. The maximum atomic E-state index is 12.4. The number of Topliss-reactive ketones (excluding diaryl/α,β-unsaturated/α-hetero) is 1. The molecule has 148 valence electrons. The van der Waals surface area contributed by atoms with Crippen molar-refractivity contribution in [2.45, 2.75) is 32.2 Å². The molecule has 1 aliphatic carbocycles. The highest BCUT2D eigenvalue weighted by Crippen LogP contribution is 2.42. The summed E-state index contributed by atoms with van der Waals surface area (Å²) in [5, 5.41) is 5.16. The molecule has 0 bridgehead atoms. The Balaban J connectivity index is 1.47. The molecule has 9 heteroatoms. The standard InChI is InChI=1S/C19H21N3O6/c1-11(23)12-3-7-14(8-4-12)20-15(24)10-28-16(25)9-22-17(26)19(2,13-5-6-13)21-18(22)27/h3-4,7-8,13H,5-6,9-10H2,1-2H3,(H,20,24)(H,21,27)/t19-/m1/s1. The molecule has 1 atom stereocenters. The number of rotatable bonds is 7. The van der Waals surface area contributed by atoms with E-state index in [1.165, 1.54) is 6.92 Å². The zero-order chi connectivity index (χ0) is 20.5. The summed E-state index contributed by atoms with van der Waals surface area (Å²) in [6.45, 7) is 1.98. The van der Waals surface area contributed by atoms with Crippen LogP contribution < -0.4 is 10.6 Å². The van der Waals surface area contributed by atoms with Crippen molar-refractivity contribution in [2.75, 3.05) is 18.5 Å². The molecule has 3 rings (SSSR count). The van der Waals surface area contributed by atoms with Crippen LogP contribution >= 0.6 is 0 Å². The number of nitrogens with one attached hydrogen (secondary N) is 2. The molecule has 1 saturated heterocycles. The van der Waals surface area contributed by atoms with Crippen molar-refractivity contribution in [2.24, 2.45) is 5.92 Å². The maximum Gasteiger partial charge on any atom is 0.326 e. The zero-order valence-corrected chi connectivity index (χ0v) is 15.6. The van der Waals surface area contributed by atoms with Gasteiger partial charge in [-0.1, -0.05) is 0 Å². The van der Waals surface area contributed by atoms with Crippen molar-refractivity contribution in [1.82, 2.24) is 10.2 Å².